The Morgan fingerprint density at radius 1 is 1.33 bits per heavy atom. The van der Waals surface area contributed by atoms with Crippen LogP contribution in [-0.2, 0) is 9.53 Å². The first-order valence-corrected chi connectivity index (χ1v) is 6.67. The molecule has 1 aromatic rings. The van der Waals surface area contributed by atoms with E-state index in [1.54, 1.807) is 18.2 Å². The van der Waals surface area contributed by atoms with Crippen molar-refractivity contribution in [2.75, 3.05) is 20.8 Å². The number of ether oxygens (including phenoxy) is 3. The summed E-state index contributed by atoms with van der Waals surface area (Å²) in [5.41, 5.74) is 0.512. The van der Waals surface area contributed by atoms with Gasteiger partial charge in [0.1, 0.15) is 11.6 Å². The van der Waals surface area contributed by atoms with Crippen LogP contribution >= 0.6 is 0 Å². The number of methoxy groups -OCH3 is 2. The second kappa shape index (κ2) is 8.64. The Bertz CT molecular complexity index is 558. The molecule has 112 valence electrons. The molecule has 21 heavy (non-hydrogen) atoms. The Morgan fingerprint density at radius 3 is 2.67 bits per heavy atom. The third kappa shape index (κ3) is 4.53. The van der Waals surface area contributed by atoms with Gasteiger partial charge in [-0.15, -0.1) is 0 Å². The predicted octanol–water partition coefficient (Wildman–Crippen LogP) is 2.95. The summed E-state index contributed by atoms with van der Waals surface area (Å²) in [5.74, 6) is 0.368. The Kier molecular flexibility index (Phi) is 6.82. The number of para-hydroxylation sites is 1. The molecule has 0 amide bonds. The van der Waals surface area contributed by atoms with Crippen molar-refractivity contribution in [3.8, 4) is 17.6 Å². The Labute approximate surface area is 124 Å². The molecule has 0 aliphatic carbocycles. The highest BCUT2D eigenvalue weighted by molar-refractivity contribution is 5.98. The minimum Gasteiger partial charge on any atom is -0.493 e. The smallest absolute Gasteiger partial charge is 0.348 e. The van der Waals surface area contributed by atoms with E-state index in [0.717, 1.165) is 12.8 Å². The van der Waals surface area contributed by atoms with E-state index in [-0.39, 0.29) is 5.57 Å². The monoisotopic (exact) mass is 289 g/mol. The van der Waals surface area contributed by atoms with E-state index in [2.05, 4.69) is 0 Å². The lowest BCUT2D eigenvalue weighted by Crippen LogP contribution is -2.08. The first kappa shape index (κ1) is 16.6. The molecule has 0 saturated heterocycles. The molecule has 0 aromatic heterocycles. The van der Waals surface area contributed by atoms with E-state index in [1.807, 2.05) is 13.0 Å². The Morgan fingerprint density at radius 2 is 2.10 bits per heavy atom. The Balaban J connectivity index is 3.03. The number of carbonyl (C=O) groups is 1. The number of nitriles is 1. The number of esters is 1. The number of hydrogen-bond donors (Lipinski definition) is 0. The molecule has 0 radical (unpaired) electrons. The van der Waals surface area contributed by atoms with Gasteiger partial charge in [-0.05, 0) is 18.6 Å². The highest BCUT2D eigenvalue weighted by Crippen LogP contribution is 2.32. The highest BCUT2D eigenvalue weighted by Gasteiger charge is 2.14. The quantitative estimate of drug-likeness (QED) is 0.334. The summed E-state index contributed by atoms with van der Waals surface area (Å²) in [7, 11) is 3.02. The number of rotatable bonds is 7. The van der Waals surface area contributed by atoms with Crippen LogP contribution in [0.5, 0.6) is 11.5 Å². The van der Waals surface area contributed by atoms with Crippen molar-refractivity contribution < 1.29 is 19.0 Å². The third-order valence-electron chi connectivity index (χ3n) is 2.80. The zero-order valence-electron chi connectivity index (χ0n) is 12.5. The molecule has 0 atom stereocenters. The lowest BCUT2D eigenvalue weighted by molar-refractivity contribution is -0.138. The third-order valence-corrected chi connectivity index (χ3v) is 2.80. The van der Waals surface area contributed by atoms with E-state index in [4.69, 9.17) is 19.5 Å². The molecule has 1 rings (SSSR count). The maximum absolute atomic E-state index is 11.8. The van der Waals surface area contributed by atoms with Crippen LogP contribution in [0.4, 0.5) is 0 Å². The standard InChI is InChI=1S/C16H19NO4/c1-4-5-9-21-16(18)13(11-17)10-12-7-6-8-14(19-2)15(12)20-3/h6-8,10H,4-5,9H2,1-3H3/b13-10+. The first-order chi connectivity index (χ1) is 10.2. The van der Waals surface area contributed by atoms with Crippen LogP contribution in [0.1, 0.15) is 25.3 Å². The van der Waals surface area contributed by atoms with Crippen molar-refractivity contribution in [1.82, 2.24) is 0 Å². The van der Waals surface area contributed by atoms with Gasteiger partial charge in [0.25, 0.3) is 0 Å². The van der Waals surface area contributed by atoms with Crippen molar-refractivity contribution in [2.45, 2.75) is 19.8 Å². The van der Waals surface area contributed by atoms with Crippen molar-refractivity contribution >= 4 is 12.0 Å². The van der Waals surface area contributed by atoms with Gasteiger partial charge in [0.2, 0.25) is 0 Å². The average molecular weight is 289 g/mol. The van der Waals surface area contributed by atoms with E-state index in [9.17, 15) is 4.79 Å². The molecular formula is C16H19NO4. The fourth-order valence-electron chi connectivity index (χ4n) is 1.70. The molecule has 0 aliphatic heterocycles. The van der Waals surface area contributed by atoms with E-state index < -0.39 is 5.97 Å². The number of unbranched alkanes of at least 4 members (excludes halogenated alkanes) is 1. The second-order valence-electron chi connectivity index (χ2n) is 4.24. The van der Waals surface area contributed by atoms with Gasteiger partial charge < -0.3 is 14.2 Å². The molecular weight excluding hydrogens is 270 g/mol. The predicted molar refractivity (Wildman–Crippen MR) is 79.0 cm³/mol. The normalized spacial score (nSPS) is 10.7. The van der Waals surface area contributed by atoms with Gasteiger partial charge in [-0.2, -0.15) is 5.26 Å². The molecule has 0 aliphatic rings. The highest BCUT2D eigenvalue weighted by atomic mass is 16.5. The number of carbonyl (C=O) groups excluding carboxylic acids is 1. The minimum atomic E-state index is -0.629. The van der Waals surface area contributed by atoms with E-state index >= 15 is 0 Å². The molecule has 5 nitrogen and oxygen atoms in total. The van der Waals surface area contributed by atoms with Crippen molar-refractivity contribution in [1.29, 1.82) is 5.26 Å². The Hall–Kier alpha value is -2.48. The summed E-state index contributed by atoms with van der Waals surface area (Å²) in [6, 6.07) is 7.08. The molecule has 0 saturated carbocycles. The number of hydrogen-bond acceptors (Lipinski definition) is 5. The van der Waals surface area contributed by atoms with E-state index in [1.165, 1.54) is 20.3 Å². The van der Waals surface area contributed by atoms with E-state index in [0.29, 0.717) is 23.7 Å². The van der Waals surface area contributed by atoms with Crippen LogP contribution in [0.2, 0.25) is 0 Å². The van der Waals surface area contributed by atoms with Gasteiger partial charge in [-0.1, -0.05) is 25.5 Å². The van der Waals surface area contributed by atoms with Crippen LogP contribution in [0.3, 0.4) is 0 Å². The minimum absolute atomic E-state index is 0.0716. The van der Waals surface area contributed by atoms with Crippen LogP contribution in [-0.4, -0.2) is 26.8 Å². The average Bonchev–Trinajstić information content (AvgIpc) is 2.52. The van der Waals surface area contributed by atoms with Crippen molar-refractivity contribution in [3.63, 3.8) is 0 Å². The lowest BCUT2D eigenvalue weighted by atomic mass is 10.1. The van der Waals surface area contributed by atoms with Gasteiger partial charge in [0.05, 0.1) is 20.8 Å². The van der Waals surface area contributed by atoms with Gasteiger partial charge in [-0.3, -0.25) is 0 Å². The molecule has 0 unspecified atom stereocenters. The molecule has 0 spiro atoms. The summed E-state index contributed by atoms with van der Waals surface area (Å²) in [6.45, 7) is 2.31. The molecule has 0 N–H and O–H groups in total. The second-order valence-corrected chi connectivity index (χ2v) is 4.24. The maximum Gasteiger partial charge on any atom is 0.348 e. The zero-order chi connectivity index (χ0) is 15.7. The van der Waals surface area contributed by atoms with Crippen LogP contribution < -0.4 is 9.47 Å². The van der Waals surface area contributed by atoms with Crippen molar-refractivity contribution in [3.05, 3.63) is 29.3 Å². The van der Waals surface area contributed by atoms with Crippen LogP contribution in [0, 0.1) is 11.3 Å². The lowest BCUT2D eigenvalue weighted by Gasteiger charge is -2.10. The fraction of sp³-hybridized carbons (Fsp3) is 0.375. The summed E-state index contributed by atoms with van der Waals surface area (Å²) in [4.78, 5) is 11.8. The van der Waals surface area contributed by atoms with Gasteiger partial charge in [-0.25, -0.2) is 4.79 Å². The van der Waals surface area contributed by atoms with Gasteiger partial charge in [0.15, 0.2) is 11.5 Å². The summed E-state index contributed by atoms with van der Waals surface area (Å²) in [6.07, 6.45) is 3.13. The van der Waals surface area contributed by atoms with Gasteiger partial charge in [0, 0.05) is 5.56 Å². The van der Waals surface area contributed by atoms with Crippen molar-refractivity contribution in [2.24, 2.45) is 0 Å². The molecule has 1 aromatic carbocycles. The van der Waals surface area contributed by atoms with Gasteiger partial charge >= 0.3 is 5.97 Å². The molecule has 0 fully saturated rings. The summed E-state index contributed by atoms with van der Waals surface area (Å²) in [5, 5.41) is 9.11. The fourth-order valence-corrected chi connectivity index (χ4v) is 1.70. The number of benzene rings is 1. The number of nitrogens with zero attached hydrogens (tertiary/aromatic N) is 1. The molecule has 0 bridgehead atoms. The summed E-state index contributed by atoms with van der Waals surface area (Å²) >= 11 is 0. The zero-order valence-corrected chi connectivity index (χ0v) is 12.5. The van der Waals surface area contributed by atoms with Crippen LogP contribution in [0.15, 0.2) is 23.8 Å². The molecule has 0 heterocycles. The topological polar surface area (TPSA) is 68.6 Å². The first-order valence-electron chi connectivity index (χ1n) is 6.67. The van der Waals surface area contributed by atoms with Crippen LogP contribution in [0.25, 0.3) is 6.08 Å². The SMILES string of the molecule is CCCCOC(=O)/C(C#N)=C/c1cccc(OC)c1OC. The molecule has 5 heteroatoms. The maximum atomic E-state index is 11.8. The summed E-state index contributed by atoms with van der Waals surface area (Å²) < 4.78 is 15.5. The largest absolute Gasteiger partial charge is 0.493 e.